The molecule has 0 atom stereocenters. The van der Waals surface area contributed by atoms with Crippen LogP contribution in [0, 0.1) is 0 Å². The first-order valence-corrected chi connectivity index (χ1v) is 6.75. The highest BCUT2D eigenvalue weighted by Crippen LogP contribution is 2.15. The lowest BCUT2D eigenvalue weighted by atomic mass is 10.0. The number of pyridine rings is 1. The third-order valence-corrected chi connectivity index (χ3v) is 3.41. The number of rotatable bonds is 4. The molecule has 1 heterocycles. The Morgan fingerprint density at radius 3 is 2.65 bits per heavy atom. The maximum absolute atomic E-state index is 12.1. The molecule has 2 nitrogen and oxygen atoms in total. The Balaban J connectivity index is 1.72. The molecule has 20 heavy (non-hydrogen) atoms. The molecule has 0 aliphatic rings. The third kappa shape index (κ3) is 2.75. The van der Waals surface area contributed by atoms with Crippen LogP contribution in [0.15, 0.2) is 66.9 Å². The fourth-order valence-corrected chi connectivity index (χ4v) is 2.29. The smallest absolute Gasteiger partial charge is 0.163 e. The maximum Gasteiger partial charge on any atom is 0.163 e. The minimum Gasteiger partial charge on any atom is -0.294 e. The number of carbonyl (C=O) groups excluding carboxylic acids is 1. The molecule has 0 saturated heterocycles. The van der Waals surface area contributed by atoms with Crippen molar-refractivity contribution >= 4 is 16.7 Å². The SMILES string of the molecule is O=C(CCc1ccc2cccnc2c1)c1ccccc1. The quantitative estimate of drug-likeness (QED) is 0.663. The fraction of sp³-hybridized carbons (Fsp3) is 0.111. The summed E-state index contributed by atoms with van der Waals surface area (Å²) in [5.74, 6) is 0.187. The molecular formula is C18H15NO. The molecule has 0 amide bonds. The molecule has 0 radical (unpaired) electrons. The molecule has 0 unspecified atom stereocenters. The van der Waals surface area contributed by atoms with E-state index in [2.05, 4.69) is 23.2 Å². The summed E-state index contributed by atoms with van der Waals surface area (Å²) in [6.45, 7) is 0. The van der Waals surface area contributed by atoms with E-state index >= 15 is 0 Å². The molecule has 3 rings (SSSR count). The summed E-state index contributed by atoms with van der Waals surface area (Å²) >= 11 is 0. The van der Waals surface area contributed by atoms with Crippen molar-refractivity contribution in [3.8, 4) is 0 Å². The molecule has 0 aliphatic heterocycles. The standard InChI is InChI=1S/C18H15NO/c20-18(16-5-2-1-3-6-16)11-9-14-8-10-15-7-4-12-19-17(15)13-14/h1-8,10,12-13H,9,11H2. The van der Waals surface area contributed by atoms with Crippen molar-refractivity contribution in [1.82, 2.24) is 4.98 Å². The summed E-state index contributed by atoms with van der Waals surface area (Å²) in [7, 11) is 0. The van der Waals surface area contributed by atoms with Crippen LogP contribution in [-0.2, 0) is 6.42 Å². The summed E-state index contributed by atoms with van der Waals surface area (Å²) in [4.78, 5) is 16.4. The van der Waals surface area contributed by atoms with Gasteiger partial charge in [-0.3, -0.25) is 9.78 Å². The lowest BCUT2D eigenvalue weighted by Gasteiger charge is -2.03. The minimum atomic E-state index is 0.187. The molecule has 0 aliphatic carbocycles. The Morgan fingerprint density at radius 1 is 0.950 bits per heavy atom. The van der Waals surface area contributed by atoms with Gasteiger partial charge in [-0.25, -0.2) is 0 Å². The molecule has 0 N–H and O–H groups in total. The summed E-state index contributed by atoms with van der Waals surface area (Å²) in [5, 5.41) is 1.13. The number of nitrogens with zero attached hydrogens (tertiary/aromatic N) is 1. The van der Waals surface area contributed by atoms with Gasteiger partial charge < -0.3 is 0 Å². The topological polar surface area (TPSA) is 30.0 Å². The molecule has 0 spiro atoms. The van der Waals surface area contributed by atoms with Crippen LogP contribution in [-0.4, -0.2) is 10.8 Å². The van der Waals surface area contributed by atoms with Gasteiger partial charge in [0, 0.05) is 23.6 Å². The summed E-state index contributed by atoms with van der Waals surface area (Å²) in [5.41, 5.74) is 2.92. The van der Waals surface area contributed by atoms with Crippen LogP contribution in [0.3, 0.4) is 0 Å². The molecule has 1 aromatic heterocycles. The highest BCUT2D eigenvalue weighted by molar-refractivity contribution is 5.96. The maximum atomic E-state index is 12.1. The van der Waals surface area contributed by atoms with Crippen LogP contribution >= 0.6 is 0 Å². The first-order valence-electron chi connectivity index (χ1n) is 6.75. The van der Waals surface area contributed by atoms with E-state index in [1.807, 2.05) is 42.5 Å². The van der Waals surface area contributed by atoms with Gasteiger partial charge >= 0.3 is 0 Å². The average Bonchev–Trinajstić information content (AvgIpc) is 2.53. The molecule has 2 aromatic carbocycles. The highest BCUT2D eigenvalue weighted by atomic mass is 16.1. The lowest BCUT2D eigenvalue weighted by Crippen LogP contribution is -2.00. The molecule has 0 bridgehead atoms. The number of benzene rings is 2. The Bertz CT molecular complexity index is 735. The van der Waals surface area contributed by atoms with Crippen molar-refractivity contribution < 1.29 is 4.79 Å². The van der Waals surface area contributed by atoms with Crippen molar-refractivity contribution in [1.29, 1.82) is 0 Å². The van der Waals surface area contributed by atoms with Crippen LogP contribution in [0.1, 0.15) is 22.3 Å². The Morgan fingerprint density at radius 2 is 1.80 bits per heavy atom. The first-order chi connectivity index (χ1) is 9.83. The second-order valence-corrected chi connectivity index (χ2v) is 4.82. The van der Waals surface area contributed by atoms with E-state index in [9.17, 15) is 4.79 Å². The Labute approximate surface area is 118 Å². The van der Waals surface area contributed by atoms with Crippen LogP contribution in [0.2, 0.25) is 0 Å². The first kappa shape index (κ1) is 12.5. The largest absolute Gasteiger partial charge is 0.294 e. The fourth-order valence-electron chi connectivity index (χ4n) is 2.29. The highest BCUT2D eigenvalue weighted by Gasteiger charge is 2.05. The molecule has 0 fully saturated rings. The van der Waals surface area contributed by atoms with Crippen LogP contribution < -0.4 is 0 Å². The second-order valence-electron chi connectivity index (χ2n) is 4.82. The van der Waals surface area contributed by atoms with E-state index in [0.29, 0.717) is 6.42 Å². The van der Waals surface area contributed by atoms with Crippen LogP contribution in [0.4, 0.5) is 0 Å². The van der Waals surface area contributed by atoms with Crippen molar-refractivity contribution in [2.24, 2.45) is 0 Å². The van der Waals surface area contributed by atoms with Gasteiger partial charge in [-0.05, 0) is 24.1 Å². The normalized spacial score (nSPS) is 10.6. The monoisotopic (exact) mass is 261 g/mol. The van der Waals surface area contributed by atoms with Crippen molar-refractivity contribution in [3.05, 3.63) is 78.0 Å². The summed E-state index contributed by atoms with van der Waals surface area (Å²) in [6.07, 6.45) is 3.07. The number of Topliss-reactive ketones (excluding diaryl/α,β-unsaturated/α-hetero) is 1. The van der Waals surface area contributed by atoms with E-state index in [-0.39, 0.29) is 5.78 Å². The zero-order valence-electron chi connectivity index (χ0n) is 11.1. The van der Waals surface area contributed by atoms with Crippen LogP contribution in [0.25, 0.3) is 10.9 Å². The van der Waals surface area contributed by atoms with Crippen LogP contribution in [0.5, 0.6) is 0 Å². The summed E-state index contributed by atoms with van der Waals surface area (Å²) < 4.78 is 0. The zero-order valence-corrected chi connectivity index (χ0v) is 11.1. The van der Waals surface area contributed by atoms with Crippen molar-refractivity contribution in [3.63, 3.8) is 0 Å². The molecule has 0 saturated carbocycles. The number of fused-ring (bicyclic) bond motifs is 1. The van der Waals surface area contributed by atoms with E-state index in [1.54, 1.807) is 6.20 Å². The molecular weight excluding hydrogens is 246 g/mol. The van der Waals surface area contributed by atoms with Crippen molar-refractivity contribution in [2.75, 3.05) is 0 Å². The third-order valence-electron chi connectivity index (χ3n) is 3.41. The van der Waals surface area contributed by atoms with Gasteiger partial charge in [-0.1, -0.05) is 48.5 Å². The van der Waals surface area contributed by atoms with Gasteiger partial charge in [-0.2, -0.15) is 0 Å². The Kier molecular flexibility index (Phi) is 3.55. The van der Waals surface area contributed by atoms with Gasteiger partial charge in [0.1, 0.15) is 0 Å². The summed E-state index contributed by atoms with van der Waals surface area (Å²) in [6, 6.07) is 19.6. The average molecular weight is 261 g/mol. The molecule has 98 valence electrons. The van der Waals surface area contributed by atoms with Gasteiger partial charge in [-0.15, -0.1) is 0 Å². The van der Waals surface area contributed by atoms with E-state index in [4.69, 9.17) is 0 Å². The van der Waals surface area contributed by atoms with E-state index < -0.39 is 0 Å². The number of carbonyl (C=O) groups is 1. The lowest BCUT2D eigenvalue weighted by molar-refractivity contribution is 0.0983. The predicted molar refractivity (Wildman–Crippen MR) is 80.8 cm³/mol. The number of hydrogen-bond donors (Lipinski definition) is 0. The van der Waals surface area contributed by atoms with E-state index in [1.165, 1.54) is 0 Å². The number of hydrogen-bond acceptors (Lipinski definition) is 2. The predicted octanol–water partition coefficient (Wildman–Crippen LogP) is 4.05. The molecule has 3 aromatic rings. The number of ketones is 1. The van der Waals surface area contributed by atoms with E-state index in [0.717, 1.165) is 28.5 Å². The van der Waals surface area contributed by atoms with Crippen molar-refractivity contribution in [2.45, 2.75) is 12.8 Å². The molecule has 2 heteroatoms. The van der Waals surface area contributed by atoms with Gasteiger partial charge in [0.15, 0.2) is 5.78 Å². The number of aryl methyl sites for hydroxylation is 1. The minimum absolute atomic E-state index is 0.187. The Hall–Kier alpha value is -2.48. The number of aromatic nitrogens is 1. The zero-order chi connectivity index (χ0) is 13.8. The van der Waals surface area contributed by atoms with Gasteiger partial charge in [0.05, 0.1) is 5.52 Å². The van der Waals surface area contributed by atoms with Gasteiger partial charge in [0.25, 0.3) is 0 Å². The second kappa shape index (κ2) is 5.66. The van der Waals surface area contributed by atoms with Gasteiger partial charge in [0.2, 0.25) is 0 Å².